The number of thioether (sulfide) groups is 1. The van der Waals surface area contributed by atoms with Crippen molar-refractivity contribution in [2.75, 3.05) is 5.32 Å². The molecule has 0 aliphatic carbocycles. The largest absolute Gasteiger partial charge is 0.325 e. The SMILES string of the molecule is CCc1cc(=O)[nH]c(SC(CC)C(=O)Nc2cccc(C)c2C)n1. The van der Waals surface area contributed by atoms with E-state index in [1.54, 1.807) is 0 Å². The zero-order chi connectivity index (χ0) is 17.7. The molecule has 0 saturated carbocycles. The topological polar surface area (TPSA) is 74.8 Å². The van der Waals surface area contributed by atoms with Crippen molar-refractivity contribution in [2.24, 2.45) is 0 Å². The Labute approximate surface area is 146 Å². The smallest absolute Gasteiger partial charge is 0.251 e. The van der Waals surface area contributed by atoms with Crippen LogP contribution in [0, 0.1) is 13.8 Å². The maximum atomic E-state index is 12.6. The van der Waals surface area contributed by atoms with Crippen molar-refractivity contribution in [3.8, 4) is 0 Å². The number of amides is 1. The van der Waals surface area contributed by atoms with E-state index in [1.165, 1.54) is 17.8 Å². The van der Waals surface area contributed by atoms with Gasteiger partial charge in [-0.2, -0.15) is 0 Å². The Morgan fingerprint density at radius 3 is 2.75 bits per heavy atom. The fourth-order valence-electron chi connectivity index (χ4n) is 2.28. The second-order valence-corrected chi connectivity index (χ2v) is 6.84. The molecule has 0 bridgehead atoms. The predicted octanol–water partition coefficient (Wildman–Crippen LogP) is 3.46. The summed E-state index contributed by atoms with van der Waals surface area (Å²) in [4.78, 5) is 31.4. The van der Waals surface area contributed by atoms with E-state index in [0.29, 0.717) is 18.0 Å². The van der Waals surface area contributed by atoms with Crippen molar-refractivity contribution in [1.29, 1.82) is 0 Å². The highest BCUT2D eigenvalue weighted by Crippen LogP contribution is 2.24. The van der Waals surface area contributed by atoms with Gasteiger partial charge in [0.2, 0.25) is 5.91 Å². The zero-order valence-electron chi connectivity index (χ0n) is 14.5. The van der Waals surface area contributed by atoms with Gasteiger partial charge in [-0.05, 0) is 43.9 Å². The van der Waals surface area contributed by atoms with E-state index in [2.05, 4.69) is 15.3 Å². The molecule has 0 aliphatic rings. The van der Waals surface area contributed by atoms with E-state index in [9.17, 15) is 9.59 Å². The molecule has 1 heterocycles. The number of aryl methyl sites for hydroxylation is 2. The summed E-state index contributed by atoms with van der Waals surface area (Å²) in [6, 6.07) is 7.33. The normalized spacial score (nSPS) is 12.0. The summed E-state index contributed by atoms with van der Waals surface area (Å²) in [5.41, 5.74) is 3.56. The molecule has 1 aromatic carbocycles. The summed E-state index contributed by atoms with van der Waals surface area (Å²) in [5.74, 6) is -0.0826. The third-order valence-corrected chi connectivity index (χ3v) is 5.16. The van der Waals surface area contributed by atoms with Gasteiger partial charge < -0.3 is 10.3 Å². The molecule has 0 saturated heterocycles. The summed E-state index contributed by atoms with van der Waals surface area (Å²) in [6.45, 7) is 7.90. The number of nitrogens with one attached hydrogen (secondary N) is 2. The van der Waals surface area contributed by atoms with Crippen LogP contribution in [0.15, 0.2) is 34.2 Å². The number of hydrogen-bond donors (Lipinski definition) is 2. The first-order chi connectivity index (χ1) is 11.4. The molecule has 5 nitrogen and oxygen atoms in total. The van der Waals surface area contributed by atoms with E-state index >= 15 is 0 Å². The lowest BCUT2D eigenvalue weighted by Crippen LogP contribution is -2.26. The second kappa shape index (κ2) is 8.15. The van der Waals surface area contributed by atoms with Crippen LogP contribution in [0.5, 0.6) is 0 Å². The van der Waals surface area contributed by atoms with Crippen LogP contribution in [-0.4, -0.2) is 21.1 Å². The van der Waals surface area contributed by atoms with Gasteiger partial charge in [-0.15, -0.1) is 0 Å². The molecule has 2 rings (SSSR count). The molecule has 1 atom stereocenters. The molecule has 24 heavy (non-hydrogen) atoms. The summed E-state index contributed by atoms with van der Waals surface area (Å²) >= 11 is 1.29. The van der Waals surface area contributed by atoms with Gasteiger partial charge in [0.05, 0.1) is 5.25 Å². The fraction of sp³-hybridized carbons (Fsp3) is 0.389. The lowest BCUT2D eigenvalue weighted by Gasteiger charge is -2.16. The van der Waals surface area contributed by atoms with Crippen LogP contribution in [-0.2, 0) is 11.2 Å². The van der Waals surface area contributed by atoms with Crippen molar-refractivity contribution in [2.45, 2.75) is 50.9 Å². The van der Waals surface area contributed by atoms with Gasteiger partial charge in [0.1, 0.15) is 0 Å². The molecule has 0 radical (unpaired) electrons. The Kier molecular flexibility index (Phi) is 6.20. The van der Waals surface area contributed by atoms with Gasteiger partial charge in [0.25, 0.3) is 5.56 Å². The summed E-state index contributed by atoms with van der Waals surface area (Å²) in [7, 11) is 0. The number of benzene rings is 1. The van der Waals surface area contributed by atoms with E-state index in [4.69, 9.17) is 0 Å². The number of carbonyl (C=O) groups excluding carboxylic acids is 1. The van der Waals surface area contributed by atoms with Crippen molar-refractivity contribution >= 4 is 23.4 Å². The minimum atomic E-state index is -0.319. The van der Waals surface area contributed by atoms with Crippen LogP contribution in [0.1, 0.15) is 37.1 Å². The standard InChI is InChI=1S/C18H23N3O2S/c1-5-13-10-16(22)21-18(19-13)24-15(6-2)17(23)20-14-9-7-8-11(3)12(14)4/h7-10,15H,5-6H2,1-4H3,(H,20,23)(H,19,21,22). The van der Waals surface area contributed by atoms with Crippen LogP contribution in [0.2, 0.25) is 0 Å². The van der Waals surface area contributed by atoms with Gasteiger partial charge in [0.15, 0.2) is 5.16 Å². The number of carbonyl (C=O) groups is 1. The van der Waals surface area contributed by atoms with Crippen molar-refractivity contribution < 1.29 is 4.79 Å². The Morgan fingerprint density at radius 1 is 1.33 bits per heavy atom. The summed E-state index contributed by atoms with van der Waals surface area (Å²) in [6.07, 6.45) is 1.32. The first-order valence-electron chi connectivity index (χ1n) is 8.08. The molecule has 6 heteroatoms. The maximum Gasteiger partial charge on any atom is 0.251 e. The number of H-pyrrole nitrogens is 1. The van der Waals surface area contributed by atoms with E-state index in [-0.39, 0.29) is 16.7 Å². The molecule has 1 aromatic heterocycles. The molecule has 1 unspecified atom stereocenters. The Morgan fingerprint density at radius 2 is 2.08 bits per heavy atom. The van der Waals surface area contributed by atoms with Gasteiger partial charge in [-0.1, -0.05) is 37.7 Å². The third kappa shape index (κ3) is 4.47. The highest BCUT2D eigenvalue weighted by atomic mass is 32.2. The maximum absolute atomic E-state index is 12.6. The summed E-state index contributed by atoms with van der Waals surface area (Å²) < 4.78 is 0. The van der Waals surface area contributed by atoms with E-state index in [0.717, 1.165) is 22.5 Å². The molecule has 0 spiro atoms. The first-order valence-corrected chi connectivity index (χ1v) is 8.96. The predicted molar refractivity (Wildman–Crippen MR) is 98.7 cm³/mol. The van der Waals surface area contributed by atoms with Gasteiger partial charge in [-0.25, -0.2) is 4.98 Å². The molecule has 2 N–H and O–H groups in total. The highest BCUT2D eigenvalue weighted by molar-refractivity contribution is 8.00. The molecule has 128 valence electrons. The number of aromatic nitrogens is 2. The fourth-order valence-corrected chi connectivity index (χ4v) is 3.21. The van der Waals surface area contributed by atoms with Crippen molar-refractivity contribution in [3.05, 3.63) is 51.4 Å². The Hall–Kier alpha value is -2.08. The van der Waals surface area contributed by atoms with Gasteiger partial charge >= 0.3 is 0 Å². The lowest BCUT2D eigenvalue weighted by molar-refractivity contribution is -0.115. The third-order valence-electron chi connectivity index (χ3n) is 3.91. The molecule has 0 aliphatic heterocycles. The molecular weight excluding hydrogens is 322 g/mol. The average molecular weight is 345 g/mol. The first kappa shape index (κ1) is 18.3. The number of hydrogen-bond acceptors (Lipinski definition) is 4. The van der Waals surface area contributed by atoms with Crippen molar-refractivity contribution in [3.63, 3.8) is 0 Å². The number of rotatable bonds is 6. The van der Waals surface area contributed by atoms with Crippen molar-refractivity contribution in [1.82, 2.24) is 9.97 Å². The zero-order valence-corrected chi connectivity index (χ0v) is 15.3. The summed E-state index contributed by atoms with van der Waals surface area (Å²) in [5, 5.41) is 3.15. The second-order valence-electron chi connectivity index (χ2n) is 5.65. The number of nitrogens with zero attached hydrogens (tertiary/aromatic N) is 1. The number of anilines is 1. The Balaban J connectivity index is 2.16. The Bertz CT molecular complexity index is 786. The van der Waals surface area contributed by atoms with Crippen LogP contribution in [0.4, 0.5) is 5.69 Å². The van der Waals surface area contributed by atoms with Crippen LogP contribution in [0.25, 0.3) is 0 Å². The van der Waals surface area contributed by atoms with Gasteiger partial charge in [-0.3, -0.25) is 9.59 Å². The van der Waals surface area contributed by atoms with Crippen LogP contribution < -0.4 is 10.9 Å². The lowest BCUT2D eigenvalue weighted by atomic mass is 10.1. The minimum Gasteiger partial charge on any atom is -0.325 e. The van der Waals surface area contributed by atoms with Crippen LogP contribution in [0.3, 0.4) is 0 Å². The molecular formula is C18H23N3O2S. The van der Waals surface area contributed by atoms with E-state index in [1.807, 2.05) is 45.9 Å². The molecule has 2 aromatic rings. The average Bonchev–Trinajstić information content (AvgIpc) is 2.56. The number of aromatic amines is 1. The minimum absolute atomic E-state index is 0.0826. The quantitative estimate of drug-likeness (QED) is 0.621. The van der Waals surface area contributed by atoms with Gasteiger partial charge in [0, 0.05) is 17.4 Å². The molecule has 1 amide bonds. The monoisotopic (exact) mass is 345 g/mol. The highest BCUT2D eigenvalue weighted by Gasteiger charge is 2.20. The van der Waals surface area contributed by atoms with E-state index < -0.39 is 0 Å². The molecule has 0 fully saturated rings. The van der Waals surface area contributed by atoms with Crippen LogP contribution >= 0.6 is 11.8 Å².